The Balaban J connectivity index is 2.20. The summed E-state index contributed by atoms with van der Waals surface area (Å²) in [7, 11) is 0. The van der Waals surface area contributed by atoms with Gasteiger partial charge < -0.3 is 9.84 Å². The van der Waals surface area contributed by atoms with Crippen LogP contribution in [-0.2, 0) is 10.3 Å². The van der Waals surface area contributed by atoms with Gasteiger partial charge in [0.2, 0.25) is 0 Å². The highest BCUT2D eigenvalue weighted by Crippen LogP contribution is 2.40. The van der Waals surface area contributed by atoms with Crippen LogP contribution in [0.15, 0.2) is 103 Å². The fraction of sp³-hybridized carbons (Fsp3) is 0.125. The van der Waals surface area contributed by atoms with Crippen LogP contribution in [0.5, 0.6) is 0 Å². The first kappa shape index (κ1) is 18.6. The second-order valence-electron chi connectivity index (χ2n) is 6.09. The fourth-order valence-electron chi connectivity index (χ4n) is 3.20. The normalized spacial score (nSPS) is 11.8. The molecule has 0 fully saturated rings. The summed E-state index contributed by atoms with van der Waals surface area (Å²) >= 11 is 0. The van der Waals surface area contributed by atoms with Crippen LogP contribution in [0.4, 0.5) is 0 Å². The Labute approximate surface area is 159 Å². The lowest BCUT2D eigenvalue weighted by molar-refractivity contribution is 0.0291. The zero-order valence-electron chi connectivity index (χ0n) is 15.0. The molecule has 0 unspecified atom stereocenters. The summed E-state index contributed by atoms with van der Waals surface area (Å²) in [5, 5.41) is 18.5. The van der Waals surface area contributed by atoms with E-state index < -0.39 is 5.60 Å². The SMILES string of the molecule is N#C/C(=C\CO)COC(c1ccccc1)(c1ccccc1)c1ccccc1. The fourth-order valence-corrected chi connectivity index (χ4v) is 3.20. The number of hydrogen-bond donors (Lipinski definition) is 1. The summed E-state index contributed by atoms with van der Waals surface area (Å²) in [5.74, 6) is 0. The molecule has 0 aliphatic heterocycles. The van der Waals surface area contributed by atoms with E-state index in [0.717, 1.165) is 16.7 Å². The van der Waals surface area contributed by atoms with Gasteiger partial charge >= 0.3 is 0 Å². The third-order valence-electron chi connectivity index (χ3n) is 4.47. The Morgan fingerprint density at radius 2 is 1.22 bits per heavy atom. The summed E-state index contributed by atoms with van der Waals surface area (Å²) in [6.45, 7) is -0.100. The van der Waals surface area contributed by atoms with Crippen molar-refractivity contribution in [3.05, 3.63) is 119 Å². The van der Waals surface area contributed by atoms with E-state index in [9.17, 15) is 5.26 Å². The molecule has 3 aromatic rings. The van der Waals surface area contributed by atoms with Crippen LogP contribution >= 0.6 is 0 Å². The molecule has 0 bridgehead atoms. The van der Waals surface area contributed by atoms with Gasteiger partial charge in [-0.25, -0.2) is 0 Å². The summed E-state index contributed by atoms with van der Waals surface area (Å²) in [4.78, 5) is 0. The van der Waals surface area contributed by atoms with Crippen LogP contribution in [-0.4, -0.2) is 18.3 Å². The first-order chi connectivity index (χ1) is 13.3. The van der Waals surface area contributed by atoms with Crippen molar-refractivity contribution in [2.24, 2.45) is 0 Å². The van der Waals surface area contributed by atoms with Gasteiger partial charge in [0, 0.05) is 0 Å². The van der Waals surface area contributed by atoms with Crippen molar-refractivity contribution >= 4 is 0 Å². The van der Waals surface area contributed by atoms with Crippen molar-refractivity contribution in [3.63, 3.8) is 0 Å². The highest BCUT2D eigenvalue weighted by molar-refractivity contribution is 5.47. The van der Waals surface area contributed by atoms with Gasteiger partial charge in [0.25, 0.3) is 0 Å². The summed E-state index contributed by atoms with van der Waals surface area (Å²) in [5.41, 5.74) is 2.45. The molecule has 0 aliphatic carbocycles. The van der Waals surface area contributed by atoms with Gasteiger partial charge in [-0.05, 0) is 22.8 Å². The van der Waals surface area contributed by atoms with E-state index in [0.29, 0.717) is 5.57 Å². The first-order valence-corrected chi connectivity index (χ1v) is 8.82. The number of aliphatic hydroxyl groups is 1. The van der Waals surface area contributed by atoms with Crippen molar-refractivity contribution in [1.29, 1.82) is 5.26 Å². The lowest BCUT2D eigenvalue weighted by Crippen LogP contribution is -2.33. The van der Waals surface area contributed by atoms with Crippen LogP contribution in [0.2, 0.25) is 0 Å². The van der Waals surface area contributed by atoms with Crippen molar-refractivity contribution in [1.82, 2.24) is 0 Å². The monoisotopic (exact) mass is 355 g/mol. The molecule has 0 heterocycles. The van der Waals surface area contributed by atoms with Crippen LogP contribution in [0, 0.1) is 11.3 Å². The molecule has 0 saturated carbocycles. The maximum absolute atomic E-state index is 9.36. The lowest BCUT2D eigenvalue weighted by atomic mass is 9.80. The van der Waals surface area contributed by atoms with Gasteiger partial charge in [0.05, 0.1) is 24.9 Å². The Morgan fingerprint density at radius 1 is 0.815 bits per heavy atom. The molecular weight excluding hydrogens is 334 g/mol. The molecule has 3 heteroatoms. The predicted octanol–water partition coefficient (Wildman–Crippen LogP) is 4.44. The minimum Gasteiger partial charge on any atom is -0.392 e. The van der Waals surface area contributed by atoms with Crippen molar-refractivity contribution < 1.29 is 9.84 Å². The van der Waals surface area contributed by atoms with Crippen LogP contribution < -0.4 is 0 Å². The zero-order valence-corrected chi connectivity index (χ0v) is 15.0. The number of benzene rings is 3. The lowest BCUT2D eigenvalue weighted by Gasteiger charge is -2.36. The molecule has 0 saturated heterocycles. The van der Waals surface area contributed by atoms with Crippen molar-refractivity contribution in [3.8, 4) is 6.07 Å². The Hall–Kier alpha value is -3.19. The average Bonchev–Trinajstić information content (AvgIpc) is 2.75. The maximum atomic E-state index is 9.36. The van der Waals surface area contributed by atoms with Gasteiger partial charge in [0.15, 0.2) is 0 Å². The summed E-state index contributed by atoms with van der Waals surface area (Å²) < 4.78 is 6.49. The largest absolute Gasteiger partial charge is 0.392 e. The van der Waals surface area contributed by atoms with Crippen LogP contribution in [0.3, 0.4) is 0 Å². The minimum absolute atomic E-state index is 0.0930. The highest BCUT2D eigenvalue weighted by atomic mass is 16.5. The van der Waals surface area contributed by atoms with Gasteiger partial charge in [-0.15, -0.1) is 0 Å². The van der Waals surface area contributed by atoms with E-state index in [1.807, 2.05) is 91.0 Å². The van der Waals surface area contributed by atoms with Crippen molar-refractivity contribution in [2.45, 2.75) is 5.60 Å². The van der Waals surface area contributed by atoms with Gasteiger partial charge in [0.1, 0.15) is 5.60 Å². The molecule has 0 radical (unpaired) electrons. The smallest absolute Gasteiger partial charge is 0.144 e. The molecule has 0 amide bonds. The predicted molar refractivity (Wildman–Crippen MR) is 106 cm³/mol. The molecule has 27 heavy (non-hydrogen) atoms. The molecular formula is C24H21NO2. The summed E-state index contributed by atoms with van der Waals surface area (Å²) in [6, 6.07) is 32.1. The topological polar surface area (TPSA) is 53.2 Å². The van der Waals surface area contributed by atoms with Gasteiger partial charge in [-0.3, -0.25) is 0 Å². The van der Waals surface area contributed by atoms with E-state index in [1.165, 1.54) is 6.08 Å². The molecule has 1 N–H and O–H groups in total. The first-order valence-electron chi connectivity index (χ1n) is 8.82. The molecule has 3 nitrogen and oxygen atoms in total. The summed E-state index contributed by atoms with van der Waals surface area (Å²) in [6.07, 6.45) is 1.48. The van der Waals surface area contributed by atoms with Crippen molar-refractivity contribution in [2.75, 3.05) is 13.2 Å². The van der Waals surface area contributed by atoms with Crippen LogP contribution in [0.1, 0.15) is 16.7 Å². The number of nitriles is 1. The molecule has 0 aromatic heterocycles. The highest BCUT2D eigenvalue weighted by Gasteiger charge is 2.37. The molecule has 3 aromatic carbocycles. The minimum atomic E-state index is -0.866. The quantitative estimate of drug-likeness (QED) is 0.504. The maximum Gasteiger partial charge on any atom is 0.144 e. The van der Waals surface area contributed by atoms with E-state index in [4.69, 9.17) is 9.84 Å². The Morgan fingerprint density at radius 3 is 1.56 bits per heavy atom. The second kappa shape index (κ2) is 8.95. The van der Waals surface area contributed by atoms with Crippen LogP contribution in [0.25, 0.3) is 0 Å². The zero-order chi connectivity index (χ0) is 19.0. The number of aliphatic hydroxyl groups excluding tert-OH is 1. The number of ether oxygens (including phenoxy) is 1. The molecule has 3 rings (SSSR count). The van der Waals surface area contributed by atoms with E-state index >= 15 is 0 Å². The van der Waals surface area contributed by atoms with E-state index in [2.05, 4.69) is 6.07 Å². The number of nitrogens with zero attached hydrogens (tertiary/aromatic N) is 1. The third kappa shape index (κ3) is 3.98. The molecule has 0 spiro atoms. The second-order valence-corrected chi connectivity index (χ2v) is 6.09. The Bertz CT molecular complexity index is 816. The van der Waals surface area contributed by atoms with Gasteiger partial charge in [-0.1, -0.05) is 91.0 Å². The van der Waals surface area contributed by atoms with Gasteiger partial charge in [-0.2, -0.15) is 5.26 Å². The standard InChI is InChI=1S/C24H21NO2/c25-18-20(16-17-26)19-27-24(21-10-4-1-5-11-21,22-12-6-2-7-13-22)23-14-8-3-9-15-23/h1-16,26H,17,19H2/b20-16+. The number of rotatable bonds is 7. The molecule has 0 aliphatic rings. The third-order valence-corrected chi connectivity index (χ3v) is 4.47. The average molecular weight is 355 g/mol. The molecule has 0 atom stereocenters. The number of hydrogen-bond acceptors (Lipinski definition) is 3. The van der Waals surface area contributed by atoms with E-state index in [-0.39, 0.29) is 13.2 Å². The Kier molecular flexibility index (Phi) is 6.17. The molecule has 134 valence electrons. The van der Waals surface area contributed by atoms with E-state index in [1.54, 1.807) is 0 Å².